The van der Waals surface area contributed by atoms with Crippen molar-refractivity contribution in [2.24, 2.45) is 11.3 Å². The van der Waals surface area contributed by atoms with E-state index in [0.717, 1.165) is 44.7 Å². The van der Waals surface area contributed by atoms with E-state index in [2.05, 4.69) is 16.3 Å². The van der Waals surface area contributed by atoms with Crippen molar-refractivity contribution in [3.8, 4) is 5.75 Å². The van der Waals surface area contributed by atoms with Crippen molar-refractivity contribution in [1.82, 2.24) is 10.2 Å². The lowest BCUT2D eigenvalue weighted by Crippen LogP contribution is -2.72. The summed E-state index contributed by atoms with van der Waals surface area (Å²) in [5.74, 6) is 1.09. The number of phenols is 1. The molecule has 5 nitrogen and oxygen atoms in total. The molecule has 2 spiro atoms. The van der Waals surface area contributed by atoms with Gasteiger partial charge in [0.2, 0.25) is 5.91 Å². The van der Waals surface area contributed by atoms with Gasteiger partial charge in [-0.05, 0) is 74.1 Å². The zero-order valence-corrected chi connectivity index (χ0v) is 16.6. The van der Waals surface area contributed by atoms with Crippen LogP contribution >= 0.6 is 0 Å². The minimum atomic E-state index is -0.843. The topological polar surface area (TPSA) is 72.8 Å². The first kappa shape index (κ1) is 17.3. The van der Waals surface area contributed by atoms with Crippen molar-refractivity contribution in [2.45, 2.75) is 75.0 Å². The van der Waals surface area contributed by atoms with Gasteiger partial charge >= 0.3 is 0 Å². The van der Waals surface area contributed by atoms with Crippen LogP contribution in [0.5, 0.6) is 5.75 Å². The number of carbonyl (C=O) groups excluding carboxylic acids is 1. The fraction of sp³-hybridized carbons (Fsp3) is 0.696. The molecule has 2 bridgehead atoms. The summed E-state index contributed by atoms with van der Waals surface area (Å²) in [5, 5.41) is 25.7. The summed E-state index contributed by atoms with van der Waals surface area (Å²) < 4.78 is 0. The number of likely N-dealkylation sites (tertiary alicyclic amines) is 1. The predicted octanol–water partition coefficient (Wildman–Crippen LogP) is 2.09. The number of nitrogens with zero attached hydrogens (tertiary/aromatic N) is 1. The van der Waals surface area contributed by atoms with Crippen molar-refractivity contribution < 1.29 is 15.0 Å². The number of aliphatic hydroxyl groups is 1. The van der Waals surface area contributed by atoms with Gasteiger partial charge in [0.05, 0.1) is 5.60 Å². The van der Waals surface area contributed by atoms with Crippen LogP contribution in [0.25, 0.3) is 0 Å². The molecule has 150 valence electrons. The molecule has 5 aliphatic rings. The molecular weight excluding hydrogens is 352 g/mol. The third-order valence-electron chi connectivity index (χ3n) is 8.62. The summed E-state index contributed by atoms with van der Waals surface area (Å²) in [6, 6.07) is 6.01. The second-order valence-electron chi connectivity index (χ2n) is 10.5. The van der Waals surface area contributed by atoms with E-state index in [1.54, 1.807) is 13.0 Å². The van der Waals surface area contributed by atoms with Gasteiger partial charge in [0, 0.05) is 42.9 Å². The monoisotopic (exact) mass is 382 g/mol. The van der Waals surface area contributed by atoms with Gasteiger partial charge in [-0.1, -0.05) is 6.07 Å². The molecule has 1 aliphatic heterocycles. The van der Waals surface area contributed by atoms with Crippen LogP contribution in [0, 0.1) is 11.3 Å². The fourth-order valence-corrected chi connectivity index (χ4v) is 7.78. The SMILES string of the molecule is CC(=O)NC1CCC23CC4(Cc5ccc(O)cc52)CN(CC2CC2)C4C3(O)C1. The first-order valence-electron chi connectivity index (χ1n) is 10.9. The van der Waals surface area contributed by atoms with Crippen molar-refractivity contribution in [3.63, 3.8) is 0 Å². The Morgan fingerprint density at radius 1 is 1.32 bits per heavy atom. The van der Waals surface area contributed by atoms with Crippen molar-refractivity contribution in [1.29, 1.82) is 0 Å². The summed E-state index contributed by atoms with van der Waals surface area (Å²) in [7, 11) is 0. The van der Waals surface area contributed by atoms with Crippen LogP contribution in [0.2, 0.25) is 0 Å². The molecule has 3 saturated carbocycles. The maximum Gasteiger partial charge on any atom is 0.217 e. The van der Waals surface area contributed by atoms with Crippen LogP contribution in [0.15, 0.2) is 18.2 Å². The van der Waals surface area contributed by atoms with Crippen LogP contribution in [0.3, 0.4) is 0 Å². The quantitative estimate of drug-likeness (QED) is 0.749. The summed E-state index contributed by atoms with van der Waals surface area (Å²) in [6.45, 7) is 3.76. The zero-order valence-electron chi connectivity index (χ0n) is 16.6. The molecule has 4 aliphatic carbocycles. The highest BCUT2D eigenvalue weighted by Crippen LogP contribution is 2.71. The van der Waals surface area contributed by atoms with Gasteiger partial charge in [0.1, 0.15) is 5.75 Å². The maximum atomic E-state index is 12.4. The van der Waals surface area contributed by atoms with Gasteiger partial charge in [-0.15, -0.1) is 0 Å². The first-order valence-corrected chi connectivity index (χ1v) is 10.9. The molecule has 6 rings (SSSR count). The first-order chi connectivity index (χ1) is 13.4. The molecule has 4 fully saturated rings. The lowest BCUT2D eigenvalue weighted by molar-refractivity contribution is -0.160. The van der Waals surface area contributed by atoms with Gasteiger partial charge in [-0.2, -0.15) is 0 Å². The van der Waals surface area contributed by atoms with Crippen LogP contribution in [0.4, 0.5) is 0 Å². The van der Waals surface area contributed by atoms with Gasteiger partial charge in [-0.3, -0.25) is 9.69 Å². The van der Waals surface area contributed by atoms with Gasteiger partial charge in [0.25, 0.3) is 0 Å². The highest BCUT2D eigenvalue weighted by atomic mass is 16.3. The van der Waals surface area contributed by atoms with Crippen molar-refractivity contribution >= 4 is 5.91 Å². The van der Waals surface area contributed by atoms with Crippen LogP contribution in [-0.2, 0) is 16.6 Å². The molecule has 5 atom stereocenters. The normalized spacial score (nSPS) is 43.5. The number of fused-ring (bicyclic) bond motifs is 2. The molecular formula is C23H30N2O3. The van der Waals surface area contributed by atoms with Crippen LogP contribution < -0.4 is 5.32 Å². The number of nitrogens with one attached hydrogen (secondary N) is 1. The second-order valence-corrected chi connectivity index (χ2v) is 10.5. The number of hydrogen-bond acceptors (Lipinski definition) is 4. The minimum absolute atomic E-state index is 0.0123. The number of amides is 1. The third kappa shape index (κ3) is 2.07. The number of carbonyl (C=O) groups is 1. The Kier molecular flexibility index (Phi) is 3.28. The predicted molar refractivity (Wildman–Crippen MR) is 105 cm³/mol. The molecule has 1 heterocycles. The Morgan fingerprint density at radius 3 is 2.89 bits per heavy atom. The Bertz CT molecular complexity index is 867. The summed E-state index contributed by atoms with van der Waals surface area (Å²) >= 11 is 0. The van der Waals surface area contributed by atoms with E-state index >= 15 is 0 Å². The van der Waals surface area contributed by atoms with Crippen LogP contribution in [0.1, 0.15) is 56.6 Å². The van der Waals surface area contributed by atoms with Crippen LogP contribution in [-0.4, -0.2) is 51.8 Å². The number of hydrogen-bond donors (Lipinski definition) is 3. The molecule has 1 saturated heterocycles. The van der Waals surface area contributed by atoms with E-state index in [9.17, 15) is 15.0 Å². The number of aromatic hydroxyl groups is 1. The molecule has 0 radical (unpaired) electrons. The molecule has 3 N–H and O–H groups in total. The van der Waals surface area contributed by atoms with Gasteiger partial charge in [0.15, 0.2) is 0 Å². The molecule has 5 unspecified atom stereocenters. The fourth-order valence-electron chi connectivity index (χ4n) is 7.78. The summed E-state index contributed by atoms with van der Waals surface area (Å²) in [5.41, 5.74) is 1.50. The summed E-state index contributed by atoms with van der Waals surface area (Å²) in [4.78, 5) is 14.3. The number of rotatable bonds is 3. The van der Waals surface area contributed by atoms with E-state index in [-0.39, 0.29) is 28.8 Å². The van der Waals surface area contributed by atoms with Crippen molar-refractivity contribution in [2.75, 3.05) is 13.1 Å². The minimum Gasteiger partial charge on any atom is -0.508 e. The van der Waals surface area contributed by atoms with E-state index in [0.29, 0.717) is 12.2 Å². The smallest absolute Gasteiger partial charge is 0.217 e. The van der Waals surface area contributed by atoms with E-state index in [1.165, 1.54) is 24.0 Å². The van der Waals surface area contributed by atoms with Gasteiger partial charge in [-0.25, -0.2) is 0 Å². The second kappa shape index (κ2) is 5.31. The highest BCUT2D eigenvalue weighted by Gasteiger charge is 2.78. The van der Waals surface area contributed by atoms with E-state index < -0.39 is 5.60 Å². The van der Waals surface area contributed by atoms with Crippen molar-refractivity contribution in [3.05, 3.63) is 29.3 Å². The maximum absolute atomic E-state index is 12.4. The Hall–Kier alpha value is -1.59. The highest BCUT2D eigenvalue weighted by molar-refractivity contribution is 5.73. The Labute approximate surface area is 166 Å². The lowest BCUT2D eigenvalue weighted by atomic mass is 9.57. The lowest BCUT2D eigenvalue weighted by Gasteiger charge is -2.59. The number of phenolic OH excluding ortho intramolecular Hbond substituents is 1. The average molecular weight is 383 g/mol. The molecule has 5 heteroatoms. The molecule has 1 aromatic carbocycles. The van der Waals surface area contributed by atoms with E-state index in [4.69, 9.17) is 0 Å². The largest absolute Gasteiger partial charge is 0.508 e. The average Bonchev–Trinajstić information content (AvgIpc) is 3.39. The zero-order chi connectivity index (χ0) is 19.3. The molecule has 0 aromatic heterocycles. The summed E-state index contributed by atoms with van der Waals surface area (Å²) in [6.07, 6.45) is 7.05. The third-order valence-corrected chi connectivity index (χ3v) is 8.62. The molecule has 28 heavy (non-hydrogen) atoms. The standard InChI is InChI=1S/C23H30N2O3/c1-14(26)24-17-6-7-22-12-21(9-16-4-5-18(27)8-19(16)22)13-25(11-15-2-3-15)20(21)23(22,28)10-17/h4-5,8,15,17,20,27-28H,2-3,6-7,9-13H2,1H3,(H,24,26). The Morgan fingerprint density at radius 2 is 2.14 bits per heavy atom. The Balaban J connectivity index is 1.46. The molecule has 1 aromatic rings. The molecule has 1 amide bonds. The number of benzene rings is 1. The van der Waals surface area contributed by atoms with E-state index in [1.807, 2.05) is 6.07 Å². The van der Waals surface area contributed by atoms with Gasteiger partial charge < -0.3 is 15.5 Å².